The summed E-state index contributed by atoms with van der Waals surface area (Å²) in [4.78, 5) is 12.4. The van der Waals surface area contributed by atoms with E-state index in [9.17, 15) is 9.90 Å². The number of nitrogens with one attached hydrogen (secondary N) is 2. The van der Waals surface area contributed by atoms with Crippen LogP contribution in [0.2, 0.25) is 0 Å². The first-order valence-electron chi connectivity index (χ1n) is 7.67. The second-order valence-corrected chi connectivity index (χ2v) is 5.92. The Hall–Kier alpha value is -3.08. The van der Waals surface area contributed by atoms with Gasteiger partial charge in [0.05, 0.1) is 0 Å². The molecule has 5 nitrogen and oxygen atoms in total. The van der Waals surface area contributed by atoms with Gasteiger partial charge in [0, 0.05) is 11.1 Å². The summed E-state index contributed by atoms with van der Waals surface area (Å²) in [6.45, 7) is 4.21. The van der Waals surface area contributed by atoms with Crippen molar-refractivity contribution in [3.05, 3.63) is 65.2 Å². The second-order valence-electron chi connectivity index (χ2n) is 5.92. The minimum absolute atomic E-state index is 0.0581. The summed E-state index contributed by atoms with van der Waals surface area (Å²) >= 11 is 0. The van der Waals surface area contributed by atoms with Gasteiger partial charge in [-0.05, 0) is 35.7 Å². The molecule has 0 fully saturated rings. The van der Waals surface area contributed by atoms with Crippen LogP contribution in [0, 0.1) is 5.41 Å². The predicted molar refractivity (Wildman–Crippen MR) is 92.2 cm³/mol. The third kappa shape index (κ3) is 3.01. The Balaban J connectivity index is 1.91. The number of rotatable bonds is 3. The molecule has 0 aliphatic rings. The summed E-state index contributed by atoms with van der Waals surface area (Å²) in [6.07, 6.45) is 0. The Morgan fingerprint density at radius 3 is 2.54 bits per heavy atom. The van der Waals surface area contributed by atoms with Crippen LogP contribution in [0.25, 0.3) is 11.0 Å². The van der Waals surface area contributed by atoms with Gasteiger partial charge in [-0.15, -0.1) is 0 Å². The van der Waals surface area contributed by atoms with Crippen LogP contribution in [-0.2, 0) is 0 Å². The zero-order chi connectivity index (χ0) is 17.3. The van der Waals surface area contributed by atoms with Gasteiger partial charge < -0.3 is 14.8 Å². The lowest BCUT2D eigenvalue weighted by Crippen LogP contribution is -2.20. The molecule has 0 aliphatic heterocycles. The molecule has 0 aliphatic carbocycles. The average Bonchev–Trinajstić information content (AvgIpc) is 2.55. The maximum atomic E-state index is 12.4. The second kappa shape index (κ2) is 6.20. The van der Waals surface area contributed by atoms with Gasteiger partial charge in [-0.1, -0.05) is 38.1 Å². The minimum atomic E-state index is -0.425. The van der Waals surface area contributed by atoms with Crippen molar-refractivity contribution in [3.63, 3.8) is 0 Å². The van der Waals surface area contributed by atoms with Crippen molar-refractivity contribution in [1.82, 2.24) is 0 Å². The van der Waals surface area contributed by atoms with E-state index in [1.165, 1.54) is 11.6 Å². The van der Waals surface area contributed by atoms with E-state index in [1.54, 1.807) is 18.2 Å². The number of phenolic OH excluding ortho intramolecular Hbond substituents is 1. The van der Waals surface area contributed by atoms with Crippen LogP contribution in [0.3, 0.4) is 0 Å². The number of amides is 1. The summed E-state index contributed by atoms with van der Waals surface area (Å²) in [6, 6.07) is 14.0. The third-order valence-electron chi connectivity index (χ3n) is 3.85. The topological polar surface area (TPSA) is 86.3 Å². The van der Waals surface area contributed by atoms with Crippen LogP contribution in [0.1, 0.15) is 35.7 Å². The van der Waals surface area contributed by atoms with Gasteiger partial charge in [0.25, 0.3) is 5.91 Å². The number of para-hydroxylation sites is 1. The molecular weight excluding hydrogens is 304 g/mol. The van der Waals surface area contributed by atoms with Gasteiger partial charge in [-0.25, -0.2) is 0 Å². The van der Waals surface area contributed by atoms with E-state index in [1.807, 2.05) is 24.3 Å². The lowest BCUT2D eigenvalue weighted by atomic mass is 10.0. The number of benzene rings is 2. The van der Waals surface area contributed by atoms with Crippen LogP contribution >= 0.6 is 0 Å². The number of carbonyl (C=O) groups is 1. The van der Waals surface area contributed by atoms with E-state index < -0.39 is 5.91 Å². The molecule has 24 heavy (non-hydrogen) atoms. The van der Waals surface area contributed by atoms with Gasteiger partial charge in [-0.3, -0.25) is 10.2 Å². The molecule has 2 aromatic carbocycles. The van der Waals surface area contributed by atoms with Gasteiger partial charge >= 0.3 is 0 Å². The van der Waals surface area contributed by atoms with Crippen molar-refractivity contribution in [2.45, 2.75) is 19.8 Å². The Bertz CT molecular complexity index is 957. The summed E-state index contributed by atoms with van der Waals surface area (Å²) < 4.78 is 5.29. The molecule has 122 valence electrons. The minimum Gasteiger partial charge on any atom is -0.504 e. The Morgan fingerprint density at radius 1 is 1.17 bits per heavy atom. The summed E-state index contributed by atoms with van der Waals surface area (Å²) in [7, 11) is 0. The van der Waals surface area contributed by atoms with Crippen molar-refractivity contribution >= 4 is 22.6 Å². The molecule has 0 saturated heterocycles. The van der Waals surface area contributed by atoms with E-state index in [-0.39, 0.29) is 22.5 Å². The first-order valence-corrected chi connectivity index (χ1v) is 7.67. The molecule has 0 saturated carbocycles. The van der Waals surface area contributed by atoms with Crippen LogP contribution < -0.4 is 10.9 Å². The lowest BCUT2D eigenvalue weighted by Gasteiger charge is -2.09. The van der Waals surface area contributed by atoms with Crippen LogP contribution in [0.15, 0.2) is 52.9 Å². The molecule has 0 atom stereocenters. The van der Waals surface area contributed by atoms with Gasteiger partial charge in [0.15, 0.2) is 11.3 Å². The highest BCUT2D eigenvalue weighted by Gasteiger charge is 2.13. The fourth-order valence-corrected chi connectivity index (χ4v) is 2.46. The van der Waals surface area contributed by atoms with Crippen LogP contribution in [-0.4, -0.2) is 11.0 Å². The van der Waals surface area contributed by atoms with Crippen molar-refractivity contribution in [2.24, 2.45) is 0 Å². The van der Waals surface area contributed by atoms with E-state index >= 15 is 0 Å². The van der Waals surface area contributed by atoms with Crippen LogP contribution in [0.5, 0.6) is 5.75 Å². The van der Waals surface area contributed by atoms with E-state index in [2.05, 4.69) is 19.2 Å². The largest absolute Gasteiger partial charge is 0.504 e. The highest BCUT2D eigenvalue weighted by atomic mass is 16.4. The monoisotopic (exact) mass is 322 g/mol. The Kier molecular flexibility index (Phi) is 4.08. The number of carbonyl (C=O) groups excluding carboxylic acids is 1. The number of hydrogen-bond acceptors (Lipinski definition) is 4. The molecule has 1 amide bonds. The zero-order valence-electron chi connectivity index (χ0n) is 13.5. The molecule has 3 aromatic rings. The Morgan fingerprint density at radius 2 is 1.88 bits per heavy atom. The molecule has 0 spiro atoms. The lowest BCUT2D eigenvalue weighted by molar-refractivity contribution is 0.102. The molecule has 3 N–H and O–H groups in total. The fraction of sp³-hybridized carbons (Fsp3) is 0.158. The number of fused-ring (bicyclic) bond motifs is 1. The first kappa shape index (κ1) is 15.8. The van der Waals surface area contributed by atoms with Crippen molar-refractivity contribution in [3.8, 4) is 5.75 Å². The Labute approximate surface area is 139 Å². The van der Waals surface area contributed by atoms with Crippen molar-refractivity contribution < 1.29 is 14.3 Å². The smallest absolute Gasteiger partial charge is 0.261 e. The molecule has 1 aromatic heterocycles. The summed E-state index contributed by atoms with van der Waals surface area (Å²) in [5.41, 5.74) is 1.85. The van der Waals surface area contributed by atoms with E-state index in [4.69, 9.17) is 9.83 Å². The molecule has 0 radical (unpaired) electrons. The average molecular weight is 322 g/mol. The molecule has 5 heteroatoms. The van der Waals surface area contributed by atoms with Gasteiger partial charge in [0.1, 0.15) is 5.56 Å². The number of phenols is 1. The number of anilines is 1. The fourth-order valence-electron chi connectivity index (χ4n) is 2.46. The van der Waals surface area contributed by atoms with E-state index in [0.717, 1.165) is 0 Å². The SMILES string of the molecule is CC(C)c1ccc(NC(=O)c2cc3cccc(O)c3oc2=N)cc1. The highest BCUT2D eigenvalue weighted by Crippen LogP contribution is 2.23. The predicted octanol–water partition coefficient (Wildman–Crippen LogP) is 3.99. The zero-order valence-corrected chi connectivity index (χ0v) is 13.5. The molecule has 1 heterocycles. The normalized spacial score (nSPS) is 11.0. The first-order chi connectivity index (χ1) is 11.5. The quantitative estimate of drug-likeness (QED) is 0.681. The maximum absolute atomic E-state index is 12.4. The molecule has 0 unspecified atom stereocenters. The van der Waals surface area contributed by atoms with E-state index in [0.29, 0.717) is 17.0 Å². The molecular formula is C19H18N2O3. The van der Waals surface area contributed by atoms with Crippen molar-refractivity contribution in [1.29, 1.82) is 5.41 Å². The molecule has 3 rings (SSSR count). The summed E-state index contributed by atoms with van der Waals surface area (Å²) in [5.74, 6) is -0.0647. The third-order valence-corrected chi connectivity index (χ3v) is 3.85. The van der Waals surface area contributed by atoms with Gasteiger partial charge in [0.2, 0.25) is 5.55 Å². The number of hydrogen-bond donors (Lipinski definition) is 3. The van der Waals surface area contributed by atoms with Gasteiger partial charge in [-0.2, -0.15) is 0 Å². The maximum Gasteiger partial charge on any atom is 0.261 e. The summed E-state index contributed by atoms with van der Waals surface area (Å²) in [5, 5.41) is 21.0. The van der Waals surface area contributed by atoms with Crippen LogP contribution in [0.4, 0.5) is 5.69 Å². The standard InChI is InChI=1S/C19H18N2O3/c1-11(2)12-6-8-14(9-7-12)21-19(23)15-10-13-4-3-5-16(22)17(13)24-18(15)20/h3-11,20,22H,1-2H3,(H,21,23). The highest BCUT2D eigenvalue weighted by molar-refractivity contribution is 6.05. The van der Waals surface area contributed by atoms with Crippen molar-refractivity contribution in [2.75, 3.05) is 5.32 Å². The molecule has 0 bridgehead atoms. The number of aromatic hydroxyl groups is 1.